The summed E-state index contributed by atoms with van der Waals surface area (Å²) < 4.78 is 1.71. The minimum absolute atomic E-state index is 0.727. The first-order chi connectivity index (χ1) is 7.02. The Balaban J connectivity index is 2.44. The van der Waals surface area contributed by atoms with Crippen LogP contribution >= 0.6 is 11.6 Å². The number of rotatable bonds is 5. The average molecular weight is 231 g/mol. The number of nitrogens with one attached hydrogen (secondary N) is 1. The molecule has 0 radical (unpaired) electrons. The fraction of sp³-hybridized carbons (Fsp3) is 0.700. The minimum atomic E-state index is 0.727. The van der Waals surface area contributed by atoms with Gasteiger partial charge < -0.3 is 10.2 Å². The van der Waals surface area contributed by atoms with Crippen LogP contribution in [0.15, 0.2) is 0 Å². The third-order valence-corrected chi connectivity index (χ3v) is 2.78. The molecule has 0 bridgehead atoms. The van der Waals surface area contributed by atoms with Gasteiger partial charge in [-0.2, -0.15) is 5.10 Å². The zero-order valence-corrected chi connectivity index (χ0v) is 10.6. The summed E-state index contributed by atoms with van der Waals surface area (Å²) in [4.78, 5) is 2.14. The fourth-order valence-corrected chi connectivity index (χ4v) is 1.63. The van der Waals surface area contributed by atoms with Crippen LogP contribution in [0.3, 0.4) is 0 Å². The second kappa shape index (κ2) is 5.49. The highest BCUT2D eigenvalue weighted by molar-refractivity contribution is 6.30. The maximum absolute atomic E-state index is 6.11. The van der Waals surface area contributed by atoms with Crippen LogP contribution in [0.2, 0.25) is 5.15 Å². The van der Waals surface area contributed by atoms with Crippen molar-refractivity contribution in [1.82, 2.24) is 20.0 Å². The Morgan fingerprint density at radius 3 is 2.60 bits per heavy atom. The van der Waals surface area contributed by atoms with Gasteiger partial charge in [0.15, 0.2) is 0 Å². The van der Waals surface area contributed by atoms with E-state index in [0.717, 1.165) is 36.0 Å². The van der Waals surface area contributed by atoms with Gasteiger partial charge in [-0.1, -0.05) is 11.6 Å². The average Bonchev–Trinajstić information content (AvgIpc) is 2.37. The lowest BCUT2D eigenvalue weighted by atomic mass is 10.2. The van der Waals surface area contributed by atoms with E-state index < -0.39 is 0 Å². The Bertz CT molecular complexity index is 319. The maximum Gasteiger partial charge on any atom is 0.131 e. The van der Waals surface area contributed by atoms with E-state index in [1.165, 1.54) is 0 Å². The van der Waals surface area contributed by atoms with Crippen LogP contribution in [0.4, 0.5) is 0 Å². The third-order valence-electron chi connectivity index (χ3n) is 2.31. The molecule has 0 aliphatic heterocycles. The van der Waals surface area contributed by atoms with Gasteiger partial charge in [-0.15, -0.1) is 0 Å². The van der Waals surface area contributed by atoms with Crippen molar-refractivity contribution in [3.8, 4) is 0 Å². The second-order valence-electron chi connectivity index (χ2n) is 3.96. The van der Waals surface area contributed by atoms with E-state index in [4.69, 9.17) is 11.6 Å². The van der Waals surface area contributed by atoms with Gasteiger partial charge in [-0.25, -0.2) is 0 Å². The van der Waals surface area contributed by atoms with Crippen LogP contribution < -0.4 is 5.32 Å². The zero-order valence-electron chi connectivity index (χ0n) is 9.84. The molecule has 1 heterocycles. The Kier molecular flexibility index (Phi) is 4.57. The molecule has 0 aliphatic carbocycles. The predicted octanol–water partition coefficient (Wildman–Crippen LogP) is 1.03. The molecule has 86 valence electrons. The van der Waals surface area contributed by atoms with E-state index in [-0.39, 0.29) is 0 Å². The Morgan fingerprint density at radius 2 is 2.13 bits per heavy atom. The summed E-state index contributed by atoms with van der Waals surface area (Å²) >= 11 is 6.11. The van der Waals surface area contributed by atoms with Gasteiger partial charge in [0, 0.05) is 32.2 Å². The predicted molar refractivity (Wildman–Crippen MR) is 63.2 cm³/mol. The largest absolute Gasteiger partial charge is 0.311 e. The monoisotopic (exact) mass is 230 g/mol. The highest BCUT2D eigenvalue weighted by atomic mass is 35.5. The molecule has 0 aliphatic rings. The minimum Gasteiger partial charge on any atom is -0.311 e. The Hall–Kier alpha value is -0.580. The topological polar surface area (TPSA) is 33.1 Å². The molecule has 0 saturated carbocycles. The van der Waals surface area contributed by atoms with E-state index in [2.05, 4.69) is 29.4 Å². The van der Waals surface area contributed by atoms with Crippen molar-refractivity contribution in [1.29, 1.82) is 0 Å². The van der Waals surface area contributed by atoms with Crippen LogP contribution in [-0.4, -0.2) is 41.9 Å². The molecule has 15 heavy (non-hydrogen) atoms. The van der Waals surface area contributed by atoms with Crippen LogP contribution in [0, 0.1) is 6.92 Å². The van der Waals surface area contributed by atoms with Crippen molar-refractivity contribution in [2.75, 3.05) is 27.2 Å². The third kappa shape index (κ3) is 3.48. The molecule has 1 N–H and O–H groups in total. The van der Waals surface area contributed by atoms with Crippen LogP contribution in [-0.2, 0) is 13.6 Å². The molecule has 0 atom stereocenters. The number of hydrogen-bond donors (Lipinski definition) is 1. The van der Waals surface area contributed by atoms with E-state index >= 15 is 0 Å². The first-order valence-electron chi connectivity index (χ1n) is 5.05. The van der Waals surface area contributed by atoms with E-state index in [9.17, 15) is 0 Å². The molecule has 0 spiro atoms. The summed E-state index contributed by atoms with van der Waals surface area (Å²) in [5.74, 6) is 0. The highest BCUT2D eigenvalue weighted by Gasteiger charge is 2.09. The Morgan fingerprint density at radius 1 is 1.47 bits per heavy atom. The first kappa shape index (κ1) is 12.5. The lowest BCUT2D eigenvalue weighted by Crippen LogP contribution is -2.26. The molecule has 0 fully saturated rings. The molecule has 0 amide bonds. The van der Waals surface area contributed by atoms with E-state index in [1.54, 1.807) is 4.68 Å². The standard InChI is InChI=1S/C10H19ClN4/c1-8-9(10(11)15(4)13-8)7-12-5-6-14(2)3/h12H,5-7H2,1-4H3. The number of aromatic nitrogens is 2. The highest BCUT2D eigenvalue weighted by Crippen LogP contribution is 2.17. The normalized spacial score (nSPS) is 11.3. The van der Waals surface area contributed by atoms with Crippen LogP contribution in [0.1, 0.15) is 11.3 Å². The molecular weight excluding hydrogens is 212 g/mol. The molecule has 1 aromatic heterocycles. The van der Waals surface area contributed by atoms with Gasteiger partial charge in [0.2, 0.25) is 0 Å². The summed E-state index contributed by atoms with van der Waals surface area (Å²) in [6.07, 6.45) is 0. The summed E-state index contributed by atoms with van der Waals surface area (Å²) in [5, 5.41) is 8.33. The summed E-state index contributed by atoms with van der Waals surface area (Å²) in [6.45, 7) is 4.75. The van der Waals surface area contributed by atoms with Crippen LogP contribution in [0.25, 0.3) is 0 Å². The Labute approximate surface area is 96.2 Å². The number of nitrogens with zero attached hydrogens (tertiary/aromatic N) is 3. The maximum atomic E-state index is 6.11. The summed E-state index contributed by atoms with van der Waals surface area (Å²) in [7, 11) is 5.98. The van der Waals surface area contributed by atoms with Crippen molar-refractivity contribution < 1.29 is 0 Å². The number of aryl methyl sites for hydroxylation is 2. The second-order valence-corrected chi connectivity index (χ2v) is 4.32. The zero-order chi connectivity index (χ0) is 11.4. The summed E-state index contributed by atoms with van der Waals surface area (Å²) in [6, 6.07) is 0. The van der Waals surface area contributed by atoms with Gasteiger partial charge in [-0.3, -0.25) is 4.68 Å². The van der Waals surface area contributed by atoms with Crippen molar-refractivity contribution in [3.05, 3.63) is 16.4 Å². The van der Waals surface area contributed by atoms with Gasteiger partial charge in [0.1, 0.15) is 5.15 Å². The van der Waals surface area contributed by atoms with Crippen LogP contribution in [0.5, 0.6) is 0 Å². The van der Waals surface area contributed by atoms with Crippen molar-refractivity contribution in [2.45, 2.75) is 13.5 Å². The van der Waals surface area contributed by atoms with E-state index in [1.807, 2.05) is 14.0 Å². The molecule has 1 aromatic rings. The number of likely N-dealkylation sites (N-methyl/N-ethyl adjacent to an activating group) is 1. The molecule has 4 nitrogen and oxygen atoms in total. The lowest BCUT2D eigenvalue weighted by Gasteiger charge is -2.10. The molecule has 0 aromatic carbocycles. The van der Waals surface area contributed by atoms with Crippen molar-refractivity contribution >= 4 is 11.6 Å². The van der Waals surface area contributed by atoms with E-state index in [0.29, 0.717) is 0 Å². The van der Waals surface area contributed by atoms with Crippen molar-refractivity contribution in [3.63, 3.8) is 0 Å². The molecule has 5 heteroatoms. The van der Waals surface area contributed by atoms with Gasteiger partial charge in [-0.05, 0) is 21.0 Å². The van der Waals surface area contributed by atoms with Gasteiger partial charge in [0.25, 0.3) is 0 Å². The number of halogens is 1. The van der Waals surface area contributed by atoms with Gasteiger partial charge >= 0.3 is 0 Å². The quantitative estimate of drug-likeness (QED) is 0.768. The van der Waals surface area contributed by atoms with Gasteiger partial charge in [0.05, 0.1) is 5.69 Å². The lowest BCUT2D eigenvalue weighted by molar-refractivity contribution is 0.400. The molecule has 0 saturated heterocycles. The molecular formula is C10H19ClN4. The molecule has 1 rings (SSSR count). The number of hydrogen-bond acceptors (Lipinski definition) is 3. The first-order valence-corrected chi connectivity index (χ1v) is 5.43. The smallest absolute Gasteiger partial charge is 0.131 e. The van der Waals surface area contributed by atoms with Crippen molar-refractivity contribution in [2.24, 2.45) is 7.05 Å². The molecule has 0 unspecified atom stereocenters. The summed E-state index contributed by atoms with van der Waals surface area (Å²) in [5.41, 5.74) is 2.10. The SMILES string of the molecule is Cc1nn(C)c(Cl)c1CNCCN(C)C. The fourth-order valence-electron chi connectivity index (χ4n) is 1.39.